The van der Waals surface area contributed by atoms with Gasteiger partial charge in [0, 0.05) is 31.4 Å². The summed E-state index contributed by atoms with van der Waals surface area (Å²) in [5.41, 5.74) is 2.62. The van der Waals surface area contributed by atoms with Gasteiger partial charge in [0.1, 0.15) is 5.75 Å². The second kappa shape index (κ2) is 5.83. The number of pyridine rings is 1. The Hall–Kier alpha value is -1.55. The highest BCUT2D eigenvalue weighted by molar-refractivity contribution is 9.10. The first kappa shape index (κ1) is 13.4. The van der Waals surface area contributed by atoms with Crippen LogP contribution in [0.1, 0.15) is 17.9 Å². The third-order valence-electron chi connectivity index (χ3n) is 3.87. The molecule has 3 rings (SSSR count). The monoisotopic (exact) mass is 332 g/mol. The van der Waals surface area contributed by atoms with Crippen molar-refractivity contribution >= 4 is 21.6 Å². The third kappa shape index (κ3) is 2.66. The summed E-state index contributed by atoms with van der Waals surface area (Å²) in [5.74, 6) is 1.50. The fourth-order valence-electron chi connectivity index (χ4n) is 2.75. The molecule has 1 saturated heterocycles. The number of nitrogens with zero attached hydrogens (tertiary/aromatic N) is 2. The predicted octanol–water partition coefficient (Wildman–Crippen LogP) is 3.85. The number of anilines is 1. The molecular weight excluding hydrogens is 316 g/mol. The van der Waals surface area contributed by atoms with Gasteiger partial charge in [0.15, 0.2) is 0 Å². The molecule has 2 aromatic rings. The van der Waals surface area contributed by atoms with E-state index >= 15 is 0 Å². The van der Waals surface area contributed by atoms with Crippen LogP contribution in [0, 0.1) is 0 Å². The van der Waals surface area contributed by atoms with E-state index in [1.165, 1.54) is 17.7 Å². The van der Waals surface area contributed by atoms with E-state index in [2.05, 4.69) is 44.0 Å². The predicted molar refractivity (Wildman–Crippen MR) is 84.5 cm³/mol. The molecule has 0 spiro atoms. The van der Waals surface area contributed by atoms with E-state index in [1.54, 1.807) is 7.11 Å². The molecule has 1 aliphatic rings. The summed E-state index contributed by atoms with van der Waals surface area (Å²) < 4.78 is 6.28. The molecule has 0 unspecified atom stereocenters. The van der Waals surface area contributed by atoms with Crippen molar-refractivity contribution in [2.24, 2.45) is 0 Å². The summed E-state index contributed by atoms with van der Waals surface area (Å²) in [6.45, 7) is 2.13. The first-order chi connectivity index (χ1) is 9.78. The number of hydrogen-bond acceptors (Lipinski definition) is 3. The molecule has 2 heterocycles. The van der Waals surface area contributed by atoms with Gasteiger partial charge in [-0.15, -0.1) is 0 Å². The van der Waals surface area contributed by atoms with Crippen LogP contribution in [0.2, 0.25) is 0 Å². The fraction of sp³-hybridized carbons (Fsp3) is 0.312. The molecule has 1 aromatic carbocycles. The standard InChI is InChI=1S/C16H17BrN2O/c1-20-14-4-2-12(3-5-14)13-7-9-19(11-13)16-6-8-18-10-15(16)17/h2-6,8,10,13H,7,9,11H2,1H3/t13-/m0/s1. The minimum absolute atomic E-state index is 0.584. The van der Waals surface area contributed by atoms with Crippen molar-refractivity contribution in [2.75, 3.05) is 25.1 Å². The lowest BCUT2D eigenvalue weighted by atomic mass is 9.98. The highest BCUT2D eigenvalue weighted by atomic mass is 79.9. The molecule has 1 atom stereocenters. The molecule has 0 saturated carbocycles. The van der Waals surface area contributed by atoms with Gasteiger partial charge in [-0.25, -0.2) is 0 Å². The van der Waals surface area contributed by atoms with Crippen molar-refractivity contribution in [3.8, 4) is 5.75 Å². The molecule has 4 heteroatoms. The van der Waals surface area contributed by atoms with E-state index in [4.69, 9.17) is 4.74 Å². The molecule has 1 fully saturated rings. The van der Waals surface area contributed by atoms with Gasteiger partial charge in [-0.05, 0) is 46.1 Å². The van der Waals surface area contributed by atoms with Crippen LogP contribution < -0.4 is 9.64 Å². The third-order valence-corrected chi connectivity index (χ3v) is 4.48. The smallest absolute Gasteiger partial charge is 0.118 e. The van der Waals surface area contributed by atoms with E-state index in [0.717, 1.165) is 23.3 Å². The van der Waals surface area contributed by atoms with Crippen molar-refractivity contribution in [1.29, 1.82) is 0 Å². The summed E-state index contributed by atoms with van der Waals surface area (Å²) in [6, 6.07) is 10.5. The van der Waals surface area contributed by atoms with E-state index in [0.29, 0.717) is 5.92 Å². The van der Waals surface area contributed by atoms with Crippen molar-refractivity contribution < 1.29 is 4.74 Å². The quantitative estimate of drug-likeness (QED) is 0.853. The largest absolute Gasteiger partial charge is 0.497 e. The molecule has 0 bridgehead atoms. The van der Waals surface area contributed by atoms with Crippen LogP contribution in [0.25, 0.3) is 0 Å². The average Bonchev–Trinajstić information content (AvgIpc) is 2.97. The molecule has 3 nitrogen and oxygen atoms in total. The van der Waals surface area contributed by atoms with E-state index in [-0.39, 0.29) is 0 Å². The zero-order valence-corrected chi connectivity index (χ0v) is 13.0. The van der Waals surface area contributed by atoms with Gasteiger partial charge < -0.3 is 9.64 Å². The number of rotatable bonds is 3. The highest BCUT2D eigenvalue weighted by Crippen LogP contribution is 2.34. The number of methoxy groups -OCH3 is 1. The Morgan fingerprint density at radius 2 is 2.05 bits per heavy atom. The van der Waals surface area contributed by atoms with E-state index in [1.807, 2.05) is 24.5 Å². The number of benzene rings is 1. The molecule has 1 aliphatic heterocycles. The van der Waals surface area contributed by atoms with Crippen LogP contribution >= 0.6 is 15.9 Å². The Morgan fingerprint density at radius 1 is 1.25 bits per heavy atom. The van der Waals surface area contributed by atoms with Crippen LogP contribution in [0.4, 0.5) is 5.69 Å². The maximum absolute atomic E-state index is 5.21. The van der Waals surface area contributed by atoms with Crippen LogP contribution in [-0.4, -0.2) is 25.2 Å². The summed E-state index contributed by atoms with van der Waals surface area (Å²) >= 11 is 3.58. The molecule has 0 N–H and O–H groups in total. The highest BCUT2D eigenvalue weighted by Gasteiger charge is 2.25. The summed E-state index contributed by atoms with van der Waals surface area (Å²) in [4.78, 5) is 6.54. The lowest BCUT2D eigenvalue weighted by molar-refractivity contribution is 0.414. The topological polar surface area (TPSA) is 25.4 Å². The van der Waals surface area contributed by atoms with Crippen molar-refractivity contribution in [2.45, 2.75) is 12.3 Å². The van der Waals surface area contributed by atoms with Gasteiger partial charge in [0.05, 0.1) is 17.3 Å². The maximum Gasteiger partial charge on any atom is 0.118 e. The van der Waals surface area contributed by atoms with Gasteiger partial charge in [0.25, 0.3) is 0 Å². The maximum atomic E-state index is 5.21. The number of hydrogen-bond donors (Lipinski definition) is 0. The van der Waals surface area contributed by atoms with Crippen molar-refractivity contribution in [3.63, 3.8) is 0 Å². The normalized spacial score (nSPS) is 18.3. The van der Waals surface area contributed by atoms with Gasteiger partial charge in [-0.3, -0.25) is 4.98 Å². The molecule has 0 aliphatic carbocycles. The molecular formula is C16H17BrN2O. The van der Waals surface area contributed by atoms with Crippen LogP contribution in [0.15, 0.2) is 47.2 Å². The lowest BCUT2D eigenvalue weighted by Gasteiger charge is -2.20. The number of ether oxygens (including phenoxy) is 1. The van der Waals surface area contributed by atoms with Crippen molar-refractivity contribution in [1.82, 2.24) is 4.98 Å². The molecule has 1 aromatic heterocycles. The Balaban J connectivity index is 1.74. The Kier molecular flexibility index (Phi) is 3.92. The van der Waals surface area contributed by atoms with Gasteiger partial charge in [-0.2, -0.15) is 0 Å². The minimum Gasteiger partial charge on any atom is -0.497 e. The first-order valence-electron chi connectivity index (χ1n) is 6.76. The fourth-order valence-corrected chi connectivity index (χ4v) is 3.25. The van der Waals surface area contributed by atoms with Gasteiger partial charge in [0.2, 0.25) is 0 Å². The number of halogens is 1. The molecule has 20 heavy (non-hydrogen) atoms. The summed E-state index contributed by atoms with van der Waals surface area (Å²) in [6.07, 6.45) is 4.89. The van der Waals surface area contributed by atoms with Gasteiger partial charge in [-0.1, -0.05) is 12.1 Å². The molecule has 0 radical (unpaired) electrons. The zero-order valence-electron chi connectivity index (χ0n) is 11.4. The van der Waals surface area contributed by atoms with E-state index < -0.39 is 0 Å². The van der Waals surface area contributed by atoms with Crippen LogP contribution in [0.5, 0.6) is 5.75 Å². The Labute approximate surface area is 127 Å². The van der Waals surface area contributed by atoms with Crippen LogP contribution in [0.3, 0.4) is 0 Å². The Bertz CT molecular complexity index is 585. The lowest BCUT2D eigenvalue weighted by Crippen LogP contribution is -2.19. The second-order valence-electron chi connectivity index (χ2n) is 5.03. The number of aromatic nitrogens is 1. The molecule has 0 amide bonds. The SMILES string of the molecule is COc1ccc([C@H]2CCN(c3ccncc3Br)C2)cc1. The zero-order chi connectivity index (χ0) is 13.9. The van der Waals surface area contributed by atoms with Crippen molar-refractivity contribution in [3.05, 3.63) is 52.8 Å². The minimum atomic E-state index is 0.584. The second-order valence-corrected chi connectivity index (χ2v) is 5.89. The Morgan fingerprint density at radius 3 is 2.75 bits per heavy atom. The summed E-state index contributed by atoms with van der Waals surface area (Å²) in [7, 11) is 1.70. The van der Waals surface area contributed by atoms with Crippen LogP contribution in [-0.2, 0) is 0 Å². The molecule has 104 valence electrons. The van der Waals surface area contributed by atoms with E-state index in [9.17, 15) is 0 Å². The van der Waals surface area contributed by atoms with Gasteiger partial charge >= 0.3 is 0 Å². The first-order valence-corrected chi connectivity index (χ1v) is 7.55. The summed E-state index contributed by atoms with van der Waals surface area (Å²) in [5, 5.41) is 0. The average molecular weight is 333 g/mol.